The van der Waals surface area contributed by atoms with E-state index >= 15 is 0 Å². The molecule has 2 aromatic heterocycles. The van der Waals surface area contributed by atoms with Crippen molar-refractivity contribution in [2.75, 3.05) is 0 Å². The molecule has 3 rings (SSSR count). The van der Waals surface area contributed by atoms with Gasteiger partial charge in [0.05, 0.1) is 6.33 Å². The summed E-state index contributed by atoms with van der Waals surface area (Å²) in [5.41, 5.74) is 2.34. The zero-order valence-corrected chi connectivity index (χ0v) is 12.0. The quantitative estimate of drug-likeness (QED) is 0.778. The van der Waals surface area contributed by atoms with E-state index in [0.717, 1.165) is 5.69 Å². The van der Waals surface area contributed by atoms with E-state index in [9.17, 15) is 0 Å². The molecule has 0 radical (unpaired) electrons. The second-order valence-electron chi connectivity index (χ2n) is 4.18. The van der Waals surface area contributed by atoms with Crippen LogP contribution in [0.1, 0.15) is 24.1 Å². The Morgan fingerprint density at radius 2 is 1.79 bits per heavy atom. The van der Waals surface area contributed by atoms with Crippen LogP contribution in [0, 0.1) is 0 Å². The standard InChI is InChI=1S/C14H13N3.2ClH/c1-10(14-8-16-9-17-14)13-7-15-6-11-4-2-3-5-12(11)13;;/h2-10H,1H3,(H,16,17);2*1H. The van der Waals surface area contributed by atoms with Gasteiger partial charge in [0.15, 0.2) is 0 Å². The number of nitrogens with zero attached hydrogens (tertiary/aromatic N) is 2. The van der Waals surface area contributed by atoms with E-state index < -0.39 is 0 Å². The van der Waals surface area contributed by atoms with Crippen molar-refractivity contribution >= 4 is 35.6 Å². The molecule has 0 saturated heterocycles. The number of rotatable bonds is 2. The maximum atomic E-state index is 4.31. The van der Waals surface area contributed by atoms with Gasteiger partial charge in [0.2, 0.25) is 0 Å². The Morgan fingerprint density at radius 3 is 2.53 bits per heavy atom. The fourth-order valence-electron chi connectivity index (χ4n) is 2.16. The molecule has 1 atom stereocenters. The monoisotopic (exact) mass is 295 g/mol. The average molecular weight is 296 g/mol. The van der Waals surface area contributed by atoms with Crippen LogP contribution in [0.15, 0.2) is 49.2 Å². The zero-order valence-electron chi connectivity index (χ0n) is 10.4. The SMILES string of the molecule is CC(c1cnc[nH]1)c1cncc2ccccc12.Cl.Cl. The summed E-state index contributed by atoms with van der Waals surface area (Å²) in [5, 5.41) is 2.43. The molecule has 0 aliphatic carbocycles. The first kappa shape index (κ1) is 15.5. The Kier molecular flexibility index (Phi) is 5.33. The van der Waals surface area contributed by atoms with Gasteiger partial charge in [-0.05, 0) is 10.9 Å². The van der Waals surface area contributed by atoms with Gasteiger partial charge in [-0.2, -0.15) is 0 Å². The van der Waals surface area contributed by atoms with Crippen molar-refractivity contribution in [3.05, 3.63) is 60.4 Å². The van der Waals surface area contributed by atoms with Crippen LogP contribution in [-0.4, -0.2) is 15.0 Å². The summed E-state index contributed by atoms with van der Waals surface area (Å²) in [5.74, 6) is 0.274. The number of nitrogens with one attached hydrogen (secondary N) is 1. The highest BCUT2D eigenvalue weighted by Gasteiger charge is 2.12. The first-order chi connectivity index (χ1) is 8.36. The van der Waals surface area contributed by atoms with E-state index in [-0.39, 0.29) is 30.7 Å². The highest BCUT2D eigenvalue weighted by molar-refractivity contribution is 5.86. The predicted molar refractivity (Wildman–Crippen MR) is 82.3 cm³/mol. The lowest BCUT2D eigenvalue weighted by Gasteiger charge is -2.12. The molecule has 0 amide bonds. The summed E-state index contributed by atoms with van der Waals surface area (Å²) in [4.78, 5) is 11.5. The summed E-state index contributed by atoms with van der Waals surface area (Å²) in [6, 6.07) is 8.32. The van der Waals surface area contributed by atoms with Crippen molar-refractivity contribution in [1.29, 1.82) is 0 Å². The van der Waals surface area contributed by atoms with E-state index in [0.29, 0.717) is 0 Å². The van der Waals surface area contributed by atoms with Crippen molar-refractivity contribution in [2.24, 2.45) is 0 Å². The van der Waals surface area contributed by atoms with E-state index in [2.05, 4.69) is 40.1 Å². The molecule has 5 heteroatoms. The first-order valence-corrected chi connectivity index (χ1v) is 5.67. The molecular formula is C14H15Cl2N3. The molecule has 0 spiro atoms. The molecule has 100 valence electrons. The van der Waals surface area contributed by atoms with Crippen LogP contribution in [-0.2, 0) is 0 Å². The fraction of sp³-hybridized carbons (Fsp3) is 0.143. The largest absolute Gasteiger partial charge is 0.348 e. The maximum absolute atomic E-state index is 4.31. The molecule has 0 fully saturated rings. The number of hydrogen-bond acceptors (Lipinski definition) is 2. The van der Waals surface area contributed by atoms with E-state index in [1.54, 1.807) is 6.33 Å². The Morgan fingerprint density at radius 1 is 1.00 bits per heavy atom. The Hall–Kier alpha value is -1.58. The Bertz CT molecular complexity index is 633. The van der Waals surface area contributed by atoms with E-state index in [1.807, 2.05) is 24.7 Å². The molecule has 1 unspecified atom stereocenters. The van der Waals surface area contributed by atoms with Gasteiger partial charge in [-0.15, -0.1) is 24.8 Å². The molecule has 0 bridgehead atoms. The van der Waals surface area contributed by atoms with Crippen LogP contribution in [0.3, 0.4) is 0 Å². The highest BCUT2D eigenvalue weighted by Crippen LogP contribution is 2.28. The van der Waals surface area contributed by atoms with Gasteiger partial charge in [-0.3, -0.25) is 4.98 Å². The number of halogens is 2. The summed E-state index contributed by atoms with van der Waals surface area (Å²) >= 11 is 0. The lowest BCUT2D eigenvalue weighted by Crippen LogP contribution is -1.98. The molecule has 2 heterocycles. The number of hydrogen-bond donors (Lipinski definition) is 1. The summed E-state index contributed by atoms with van der Waals surface area (Å²) in [6.07, 6.45) is 7.42. The smallest absolute Gasteiger partial charge is 0.0921 e. The summed E-state index contributed by atoms with van der Waals surface area (Å²) in [7, 11) is 0. The van der Waals surface area contributed by atoms with Gasteiger partial charge in [0.1, 0.15) is 0 Å². The van der Waals surface area contributed by atoms with Crippen LogP contribution < -0.4 is 0 Å². The van der Waals surface area contributed by atoms with Gasteiger partial charge < -0.3 is 4.98 Å². The lowest BCUT2D eigenvalue weighted by molar-refractivity contribution is 0.885. The maximum Gasteiger partial charge on any atom is 0.0921 e. The van der Waals surface area contributed by atoms with Crippen LogP contribution >= 0.6 is 24.8 Å². The van der Waals surface area contributed by atoms with Gasteiger partial charge in [0, 0.05) is 35.6 Å². The number of aromatic amines is 1. The average Bonchev–Trinajstić information content (AvgIpc) is 2.91. The number of H-pyrrole nitrogens is 1. The van der Waals surface area contributed by atoms with Crippen LogP contribution in [0.5, 0.6) is 0 Å². The summed E-state index contributed by atoms with van der Waals surface area (Å²) in [6.45, 7) is 2.16. The number of aromatic nitrogens is 3. The Labute approximate surface area is 124 Å². The number of pyridine rings is 1. The van der Waals surface area contributed by atoms with Crippen molar-refractivity contribution in [1.82, 2.24) is 15.0 Å². The second-order valence-corrected chi connectivity index (χ2v) is 4.18. The van der Waals surface area contributed by atoms with Gasteiger partial charge >= 0.3 is 0 Å². The number of imidazole rings is 1. The Balaban J connectivity index is 0.000000902. The third-order valence-corrected chi connectivity index (χ3v) is 3.15. The third-order valence-electron chi connectivity index (χ3n) is 3.15. The molecule has 19 heavy (non-hydrogen) atoms. The van der Waals surface area contributed by atoms with Crippen LogP contribution in [0.2, 0.25) is 0 Å². The molecule has 3 aromatic rings. The molecule has 1 aromatic carbocycles. The van der Waals surface area contributed by atoms with E-state index in [4.69, 9.17) is 0 Å². The number of fused-ring (bicyclic) bond motifs is 1. The first-order valence-electron chi connectivity index (χ1n) is 5.67. The molecule has 3 nitrogen and oxygen atoms in total. The topological polar surface area (TPSA) is 41.6 Å². The normalized spacial score (nSPS) is 11.4. The van der Waals surface area contributed by atoms with Crippen molar-refractivity contribution in [3.63, 3.8) is 0 Å². The molecular weight excluding hydrogens is 281 g/mol. The fourth-order valence-corrected chi connectivity index (χ4v) is 2.16. The van der Waals surface area contributed by atoms with Crippen molar-refractivity contribution < 1.29 is 0 Å². The minimum Gasteiger partial charge on any atom is -0.348 e. The van der Waals surface area contributed by atoms with Crippen molar-refractivity contribution in [2.45, 2.75) is 12.8 Å². The zero-order chi connectivity index (χ0) is 11.7. The van der Waals surface area contributed by atoms with Crippen LogP contribution in [0.25, 0.3) is 10.8 Å². The van der Waals surface area contributed by atoms with Crippen LogP contribution in [0.4, 0.5) is 0 Å². The van der Waals surface area contributed by atoms with Gasteiger partial charge in [-0.1, -0.05) is 31.2 Å². The van der Waals surface area contributed by atoms with Gasteiger partial charge in [0.25, 0.3) is 0 Å². The highest BCUT2D eigenvalue weighted by atomic mass is 35.5. The minimum atomic E-state index is 0. The third kappa shape index (κ3) is 2.88. The van der Waals surface area contributed by atoms with Crippen molar-refractivity contribution in [3.8, 4) is 0 Å². The molecule has 0 saturated carbocycles. The molecule has 1 N–H and O–H groups in total. The minimum absolute atomic E-state index is 0. The molecule has 0 aliphatic rings. The predicted octanol–water partition coefficient (Wildman–Crippen LogP) is 3.95. The van der Waals surface area contributed by atoms with E-state index in [1.165, 1.54) is 16.3 Å². The van der Waals surface area contributed by atoms with Gasteiger partial charge in [-0.25, -0.2) is 4.98 Å². The summed E-state index contributed by atoms with van der Waals surface area (Å²) < 4.78 is 0. The number of benzene rings is 1. The second kappa shape index (κ2) is 6.55. The lowest BCUT2D eigenvalue weighted by atomic mass is 9.95. The molecule has 0 aliphatic heterocycles.